The van der Waals surface area contributed by atoms with Crippen molar-refractivity contribution in [2.75, 3.05) is 0 Å². The molecular weight excluding hydrogens is 508 g/mol. The van der Waals surface area contributed by atoms with E-state index >= 15 is 0 Å². The molecule has 8 aromatic rings. The van der Waals surface area contributed by atoms with Gasteiger partial charge in [0.2, 0.25) is 0 Å². The third-order valence-corrected chi connectivity index (χ3v) is 8.43. The van der Waals surface area contributed by atoms with Crippen LogP contribution in [-0.2, 0) is 0 Å². The molecule has 8 rings (SSSR count). The zero-order chi connectivity index (χ0) is 26.5. The summed E-state index contributed by atoms with van der Waals surface area (Å²) in [6.45, 7) is 0. The number of pyridine rings is 2. The van der Waals surface area contributed by atoms with Gasteiger partial charge in [-0.2, -0.15) is 0 Å². The molecule has 5 heteroatoms. The summed E-state index contributed by atoms with van der Waals surface area (Å²) in [5.74, 6) is 0. The maximum Gasteiger partial charge on any atom is 0.143 e. The largest absolute Gasteiger partial charge is 0.309 e. The number of para-hydroxylation sites is 3. The quantitative estimate of drug-likeness (QED) is 0.228. The molecule has 0 saturated carbocycles. The second-order valence-corrected chi connectivity index (χ2v) is 10.8. The van der Waals surface area contributed by atoms with Gasteiger partial charge in [-0.25, -0.2) is 4.98 Å². The summed E-state index contributed by atoms with van der Waals surface area (Å²) in [5.41, 5.74) is 9.55. The smallest absolute Gasteiger partial charge is 0.143 e. The molecule has 0 N–H and O–H groups in total. The van der Waals surface area contributed by atoms with Gasteiger partial charge in [-0.3, -0.25) is 9.97 Å². The molecule has 0 aliphatic carbocycles. The normalized spacial score (nSPS) is 11.5. The van der Waals surface area contributed by atoms with Crippen molar-refractivity contribution in [2.24, 2.45) is 0 Å². The van der Waals surface area contributed by atoms with Crippen LogP contribution in [0.2, 0.25) is 0 Å². The van der Waals surface area contributed by atoms with Crippen LogP contribution >= 0.6 is 11.3 Å². The number of aromatic nitrogens is 4. The van der Waals surface area contributed by atoms with Gasteiger partial charge in [-0.1, -0.05) is 72.8 Å². The van der Waals surface area contributed by atoms with Crippen LogP contribution in [0.4, 0.5) is 0 Å². The maximum absolute atomic E-state index is 4.78. The molecule has 0 bridgehead atoms. The lowest BCUT2D eigenvalue weighted by molar-refractivity contribution is 1.18. The predicted molar refractivity (Wildman–Crippen MR) is 166 cm³/mol. The molecule has 4 nitrogen and oxygen atoms in total. The SMILES string of the molecule is c1ccc2sc(-c3ccc(-c4ccc(-c5ccc(-n6c7ccccc7c7ccccc76)cc5)nc4)cn3)nc2c1. The second kappa shape index (κ2) is 9.26. The van der Waals surface area contributed by atoms with E-state index in [9.17, 15) is 0 Å². The van der Waals surface area contributed by atoms with Gasteiger partial charge in [0.1, 0.15) is 5.01 Å². The summed E-state index contributed by atoms with van der Waals surface area (Å²) in [6.07, 6.45) is 3.82. The lowest BCUT2D eigenvalue weighted by Crippen LogP contribution is -1.94. The van der Waals surface area contributed by atoms with Gasteiger partial charge in [0.25, 0.3) is 0 Å². The Morgan fingerprint density at radius 3 is 1.70 bits per heavy atom. The third kappa shape index (κ3) is 3.79. The first-order chi connectivity index (χ1) is 19.8. The Morgan fingerprint density at radius 2 is 1.07 bits per heavy atom. The maximum atomic E-state index is 4.78. The number of hydrogen-bond acceptors (Lipinski definition) is 4. The fraction of sp³-hybridized carbons (Fsp3) is 0. The molecule has 0 fully saturated rings. The van der Waals surface area contributed by atoms with Crippen molar-refractivity contribution >= 4 is 43.4 Å². The minimum absolute atomic E-state index is 0.887. The van der Waals surface area contributed by atoms with Crippen LogP contribution in [0, 0.1) is 0 Å². The average molecular weight is 531 g/mol. The Morgan fingerprint density at radius 1 is 0.500 bits per heavy atom. The molecule has 0 radical (unpaired) electrons. The van der Waals surface area contributed by atoms with Crippen molar-refractivity contribution in [3.05, 3.63) is 134 Å². The first-order valence-corrected chi connectivity index (χ1v) is 14.0. The van der Waals surface area contributed by atoms with Crippen molar-refractivity contribution in [1.82, 2.24) is 19.5 Å². The Kier molecular flexibility index (Phi) is 5.28. The van der Waals surface area contributed by atoms with Crippen molar-refractivity contribution in [3.63, 3.8) is 0 Å². The zero-order valence-corrected chi connectivity index (χ0v) is 22.2. The van der Waals surface area contributed by atoms with Crippen molar-refractivity contribution in [2.45, 2.75) is 0 Å². The number of benzene rings is 4. The lowest BCUT2D eigenvalue weighted by Gasteiger charge is -2.09. The molecule has 0 spiro atoms. The lowest BCUT2D eigenvalue weighted by atomic mass is 10.1. The van der Waals surface area contributed by atoms with E-state index in [-0.39, 0.29) is 0 Å². The monoisotopic (exact) mass is 530 g/mol. The van der Waals surface area contributed by atoms with Gasteiger partial charge >= 0.3 is 0 Å². The highest BCUT2D eigenvalue weighted by Gasteiger charge is 2.12. The van der Waals surface area contributed by atoms with Gasteiger partial charge < -0.3 is 4.57 Å². The zero-order valence-electron chi connectivity index (χ0n) is 21.4. The molecule has 0 amide bonds. The number of hydrogen-bond donors (Lipinski definition) is 0. The van der Waals surface area contributed by atoms with Gasteiger partial charge in [0.05, 0.1) is 32.6 Å². The van der Waals surface area contributed by atoms with Crippen LogP contribution in [0.3, 0.4) is 0 Å². The van der Waals surface area contributed by atoms with Gasteiger partial charge in [0, 0.05) is 45.5 Å². The highest BCUT2D eigenvalue weighted by molar-refractivity contribution is 7.21. The van der Waals surface area contributed by atoms with Gasteiger partial charge in [-0.15, -0.1) is 11.3 Å². The number of fused-ring (bicyclic) bond motifs is 4. The molecule has 0 aliphatic rings. The van der Waals surface area contributed by atoms with Gasteiger partial charge in [-0.05, 0) is 48.5 Å². The summed E-state index contributed by atoms with van der Waals surface area (Å²) in [7, 11) is 0. The Hall–Kier alpha value is -5.13. The van der Waals surface area contributed by atoms with Crippen molar-refractivity contribution in [3.8, 4) is 38.8 Å². The van der Waals surface area contributed by atoms with Gasteiger partial charge in [0.15, 0.2) is 0 Å². The van der Waals surface area contributed by atoms with Crippen LogP contribution < -0.4 is 0 Å². The highest BCUT2D eigenvalue weighted by Crippen LogP contribution is 2.33. The molecule has 4 aromatic carbocycles. The third-order valence-electron chi connectivity index (χ3n) is 7.37. The van der Waals surface area contributed by atoms with E-state index in [1.54, 1.807) is 11.3 Å². The fourth-order valence-corrected chi connectivity index (χ4v) is 6.33. The Balaban J connectivity index is 1.07. The number of nitrogens with zero attached hydrogens (tertiary/aromatic N) is 4. The van der Waals surface area contributed by atoms with E-state index in [0.29, 0.717) is 0 Å². The molecule has 4 aromatic heterocycles. The molecule has 4 heterocycles. The molecule has 188 valence electrons. The van der Waals surface area contributed by atoms with E-state index in [4.69, 9.17) is 15.0 Å². The molecule has 0 unspecified atom stereocenters. The fourth-order valence-electron chi connectivity index (χ4n) is 5.39. The summed E-state index contributed by atoms with van der Waals surface area (Å²) in [5, 5.41) is 3.47. The van der Waals surface area contributed by atoms with E-state index < -0.39 is 0 Å². The van der Waals surface area contributed by atoms with Crippen molar-refractivity contribution < 1.29 is 0 Å². The predicted octanol–water partition coefficient (Wildman–Crippen LogP) is 9.18. The highest BCUT2D eigenvalue weighted by atomic mass is 32.1. The van der Waals surface area contributed by atoms with E-state index in [1.165, 1.54) is 26.5 Å². The van der Waals surface area contributed by atoms with Crippen molar-refractivity contribution in [1.29, 1.82) is 0 Å². The van der Waals surface area contributed by atoms with Crippen LogP contribution in [-0.4, -0.2) is 19.5 Å². The summed E-state index contributed by atoms with van der Waals surface area (Å²) in [4.78, 5) is 14.2. The number of thiazole rings is 1. The van der Waals surface area contributed by atoms with Crippen LogP contribution in [0.5, 0.6) is 0 Å². The van der Waals surface area contributed by atoms with E-state index in [1.807, 2.05) is 36.7 Å². The minimum Gasteiger partial charge on any atom is -0.309 e. The minimum atomic E-state index is 0.887. The first-order valence-electron chi connectivity index (χ1n) is 13.2. The summed E-state index contributed by atoms with van der Waals surface area (Å²) < 4.78 is 3.50. The molecule has 0 aliphatic heterocycles. The number of rotatable bonds is 4. The van der Waals surface area contributed by atoms with E-state index in [2.05, 4.69) is 102 Å². The van der Waals surface area contributed by atoms with E-state index in [0.717, 1.165) is 44.3 Å². The summed E-state index contributed by atoms with van der Waals surface area (Å²) >= 11 is 1.66. The first kappa shape index (κ1) is 22.8. The van der Waals surface area contributed by atoms with Crippen LogP contribution in [0.15, 0.2) is 134 Å². The molecule has 0 saturated heterocycles. The average Bonchev–Trinajstić information content (AvgIpc) is 3.61. The topological polar surface area (TPSA) is 43.6 Å². The Bertz CT molecular complexity index is 2050. The van der Waals surface area contributed by atoms with Crippen LogP contribution in [0.25, 0.3) is 70.8 Å². The summed E-state index contributed by atoms with van der Waals surface area (Å²) in [6, 6.07) is 42.3. The molecular formula is C35H22N4S. The van der Waals surface area contributed by atoms with Crippen LogP contribution in [0.1, 0.15) is 0 Å². The standard InChI is InChI=1S/C35H22N4S/c1-4-10-32-27(7-1)28-8-2-5-11-33(28)39(32)26-17-13-23(14-18-26)29-19-15-24(21-36-29)25-16-20-31(37-22-25)35-38-30-9-3-6-12-34(30)40-35/h1-22H. The molecule has 40 heavy (non-hydrogen) atoms. The Labute approximate surface area is 234 Å². The second-order valence-electron chi connectivity index (χ2n) is 9.77. The molecule has 0 atom stereocenters.